The van der Waals surface area contributed by atoms with Crippen molar-refractivity contribution in [1.29, 1.82) is 0 Å². The minimum absolute atomic E-state index is 0. The van der Waals surface area contributed by atoms with Crippen LogP contribution in [0.25, 0.3) is 0 Å². The van der Waals surface area contributed by atoms with E-state index in [-0.39, 0.29) is 21.7 Å². The Kier molecular flexibility index (Phi) is 14.6. The monoisotopic (exact) mass is 404 g/mol. The zero-order chi connectivity index (χ0) is 12.3. The maximum absolute atomic E-state index is 3.04. The fourth-order valence-electron chi connectivity index (χ4n) is 1.33. The molecule has 3 aliphatic carbocycles. The molecular weight excluding hydrogens is 386 g/mol. The quantitative estimate of drug-likeness (QED) is 0.547. The van der Waals surface area contributed by atoms with E-state index < -0.39 is 0 Å². The Morgan fingerprint density at radius 3 is 0.889 bits per heavy atom. The number of hydrogen-bond donors (Lipinski definition) is 0. The molecule has 18 heavy (non-hydrogen) atoms. The molecule has 3 aliphatic rings. The van der Waals surface area contributed by atoms with Crippen LogP contribution in [0.3, 0.4) is 0 Å². The molecule has 0 bridgehead atoms. The van der Waals surface area contributed by atoms with Gasteiger partial charge in [-0.2, -0.15) is 0 Å². The third kappa shape index (κ3) is 10.3. The molecule has 12 radical (unpaired) electrons. The van der Waals surface area contributed by atoms with Crippen LogP contribution in [-0.2, 0) is 21.7 Å². The Morgan fingerprint density at radius 1 is 0.556 bits per heavy atom. The molecule has 0 heterocycles. The van der Waals surface area contributed by atoms with E-state index in [2.05, 4.69) is 32.0 Å². The summed E-state index contributed by atoms with van der Waals surface area (Å²) in [6.45, 7) is 0. The van der Waals surface area contributed by atoms with Crippen LogP contribution in [0, 0.1) is 64.2 Å². The van der Waals surface area contributed by atoms with Gasteiger partial charge in [-0.15, -0.1) is 0 Å². The summed E-state index contributed by atoms with van der Waals surface area (Å²) < 4.78 is 2.89. The molecule has 0 amide bonds. The first kappa shape index (κ1) is 19.5. The molecule has 0 aromatic carbocycles. The maximum atomic E-state index is 3.04. The van der Waals surface area contributed by atoms with Crippen LogP contribution in [0.1, 0.15) is 19.3 Å². The smallest absolute Gasteiger partial charge is 2.00 e. The van der Waals surface area contributed by atoms with Crippen molar-refractivity contribution in [1.82, 2.24) is 0 Å². The second-order valence-corrected chi connectivity index (χ2v) is 5.69. The van der Waals surface area contributed by atoms with Crippen molar-refractivity contribution in [2.75, 3.05) is 0 Å². The van der Waals surface area contributed by atoms with E-state index in [1.165, 1.54) is 28.2 Å². The summed E-state index contributed by atoms with van der Waals surface area (Å²) in [6.07, 6.45) is 23.9. The summed E-state index contributed by atoms with van der Waals surface area (Å²) in [6, 6.07) is 0. The van der Waals surface area contributed by atoms with Gasteiger partial charge in [-0.25, -0.2) is 0 Å². The summed E-state index contributed by atoms with van der Waals surface area (Å²) >= 11 is 6.07. The number of rotatable bonds is 0. The van der Waals surface area contributed by atoms with E-state index in [1.54, 1.807) is 0 Å². The maximum Gasteiger partial charge on any atom is 2.00 e. The van der Waals surface area contributed by atoms with Crippen LogP contribution in [0.4, 0.5) is 0 Å². The van der Waals surface area contributed by atoms with Gasteiger partial charge in [0.25, 0.3) is 0 Å². The Labute approximate surface area is 145 Å². The molecule has 0 unspecified atom stereocenters. The first-order valence-electron chi connectivity index (χ1n) is 5.70. The van der Waals surface area contributed by atoms with Gasteiger partial charge in [-0.3, -0.25) is 0 Å². The zero-order valence-electron chi connectivity index (χ0n) is 10.2. The van der Waals surface area contributed by atoms with Crippen molar-refractivity contribution in [3.63, 3.8) is 0 Å². The Morgan fingerprint density at radius 2 is 0.778 bits per heavy atom. The second kappa shape index (κ2) is 13.5. The van der Waals surface area contributed by atoms with Gasteiger partial charge in [-0.1, -0.05) is 0 Å². The van der Waals surface area contributed by atoms with E-state index in [1.807, 2.05) is 64.2 Å². The van der Waals surface area contributed by atoms with Crippen LogP contribution in [0.2, 0.25) is 0 Å². The first-order chi connectivity index (χ1) is 8.30. The van der Waals surface area contributed by atoms with Crippen LogP contribution in [-0.4, -0.2) is 32.0 Å². The minimum Gasteiger partial charge on any atom is 2.00 e. The molecular formula is C15H16Se2Ti+2. The minimum atomic E-state index is 0. The van der Waals surface area contributed by atoms with Gasteiger partial charge >= 0.3 is 81.9 Å². The van der Waals surface area contributed by atoms with Crippen LogP contribution < -0.4 is 0 Å². The van der Waals surface area contributed by atoms with Crippen molar-refractivity contribution < 1.29 is 21.7 Å². The molecule has 0 spiro atoms. The first-order valence-corrected chi connectivity index (χ1v) is 7.41. The van der Waals surface area contributed by atoms with E-state index in [0.717, 1.165) is 0 Å². The largest absolute Gasteiger partial charge is 2.00 e. The molecule has 3 rings (SSSR count). The Balaban J connectivity index is 0.000000239. The summed E-state index contributed by atoms with van der Waals surface area (Å²) in [4.78, 5) is 0. The number of allylic oxidation sites excluding steroid dienone is 2. The average molecular weight is 402 g/mol. The molecule has 0 aliphatic heterocycles. The van der Waals surface area contributed by atoms with E-state index in [0.29, 0.717) is 0 Å². The van der Waals surface area contributed by atoms with Gasteiger partial charge in [0, 0.05) is 0 Å². The third-order valence-corrected chi connectivity index (χ3v) is 4.78. The molecule has 3 heteroatoms. The average Bonchev–Trinajstić information content (AvgIpc) is 3.05. The zero-order valence-corrected chi connectivity index (χ0v) is 15.2. The summed E-state index contributed by atoms with van der Waals surface area (Å²) in [5, 5.41) is 0. The van der Waals surface area contributed by atoms with Crippen LogP contribution in [0.5, 0.6) is 0 Å². The van der Waals surface area contributed by atoms with Crippen molar-refractivity contribution in [3.8, 4) is 0 Å². The van der Waals surface area contributed by atoms with Gasteiger partial charge in [0.1, 0.15) is 0 Å². The molecule has 0 atom stereocenters. The topological polar surface area (TPSA) is 0 Å². The SMILES string of the molecule is [CH]1[CH][CH][CH][CH]1.[CH]1[CH][CH][CH][CH]1.[Se]C1=C([Se])CCC1.[Ti+2]. The Bertz CT molecular complexity index is 181. The van der Waals surface area contributed by atoms with Crippen molar-refractivity contribution in [3.05, 3.63) is 73.2 Å². The van der Waals surface area contributed by atoms with Crippen molar-refractivity contribution in [2.24, 2.45) is 0 Å². The molecule has 0 N–H and O–H groups in total. The molecule has 0 saturated heterocycles. The van der Waals surface area contributed by atoms with Gasteiger partial charge in [0.2, 0.25) is 0 Å². The van der Waals surface area contributed by atoms with Gasteiger partial charge in [0.15, 0.2) is 0 Å². The molecule has 2 fully saturated rings. The molecule has 2 saturated carbocycles. The summed E-state index contributed by atoms with van der Waals surface area (Å²) in [5.74, 6) is 0. The molecule has 0 aromatic rings. The van der Waals surface area contributed by atoms with E-state index >= 15 is 0 Å². The van der Waals surface area contributed by atoms with Gasteiger partial charge < -0.3 is 0 Å². The molecule has 90 valence electrons. The van der Waals surface area contributed by atoms with Crippen molar-refractivity contribution in [2.45, 2.75) is 19.3 Å². The van der Waals surface area contributed by atoms with Crippen LogP contribution >= 0.6 is 0 Å². The third-order valence-electron chi connectivity index (χ3n) is 2.23. The summed E-state index contributed by atoms with van der Waals surface area (Å²) in [5.41, 5.74) is 0. The fourth-order valence-corrected chi connectivity index (χ4v) is 2.36. The predicted octanol–water partition coefficient (Wildman–Crippen LogP) is 2.76. The van der Waals surface area contributed by atoms with E-state index in [4.69, 9.17) is 0 Å². The van der Waals surface area contributed by atoms with E-state index in [9.17, 15) is 0 Å². The van der Waals surface area contributed by atoms with Gasteiger partial charge in [-0.05, 0) is 64.2 Å². The van der Waals surface area contributed by atoms with Gasteiger partial charge in [0.05, 0.1) is 0 Å². The number of hydrogen-bond acceptors (Lipinski definition) is 0. The fraction of sp³-hybridized carbons (Fsp3) is 0.200. The normalized spacial score (nSPS) is 21.6. The predicted molar refractivity (Wildman–Crippen MR) is 75.4 cm³/mol. The molecule has 0 aromatic heterocycles. The molecule has 0 nitrogen and oxygen atoms in total. The second-order valence-electron chi connectivity index (χ2n) is 3.62. The summed E-state index contributed by atoms with van der Waals surface area (Å²) in [7, 11) is 0. The Hall–Kier alpha value is 1.49. The van der Waals surface area contributed by atoms with Crippen LogP contribution in [0.15, 0.2) is 8.94 Å². The van der Waals surface area contributed by atoms with Crippen molar-refractivity contribution >= 4 is 32.0 Å². The standard InChI is InChI=1S/C5H6Se2.2C5H5.Ti/c6-4-2-1-3-5(4)7;2*1-2-4-5-3-1;/h1-3H2;2*1-5H;/q;;;+2.